The fraction of sp³-hybridized carbons (Fsp3) is 1.00. The van der Waals surface area contributed by atoms with Gasteiger partial charge in [-0.25, -0.2) is 0 Å². The van der Waals surface area contributed by atoms with Crippen molar-refractivity contribution in [1.29, 1.82) is 0 Å². The van der Waals surface area contributed by atoms with Crippen molar-refractivity contribution in [3.05, 3.63) is 0 Å². The van der Waals surface area contributed by atoms with Gasteiger partial charge < -0.3 is 0 Å². The second-order valence-electron chi connectivity index (χ2n) is 1.34. The van der Waals surface area contributed by atoms with Crippen LogP contribution < -0.4 is 0 Å². The predicted octanol–water partition coefficient (Wildman–Crippen LogP) is 2.14. The van der Waals surface area contributed by atoms with Crippen molar-refractivity contribution in [2.45, 2.75) is 27.4 Å². The summed E-state index contributed by atoms with van der Waals surface area (Å²) in [6.45, 7) is 2.22. The van der Waals surface area contributed by atoms with Gasteiger partial charge in [-0.15, -0.1) is 0 Å². The molecule has 0 heterocycles. The van der Waals surface area contributed by atoms with Crippen molar-refractivity contribution in [2.24, 2.45) is 0 Å². The number of hydrogen-bond acceptors (Lipinski definition) is 0. The molecule has 0 fully saturated rings. The van der Waals surface area contributed by atoms with Gasteiger partial charge in [0.2, 0.25) is 0 Å². The number of hydrogen-bond donors (Lipinski definition) is 0. The van der Waals surface area contributed by atoms with Crippen LogP contribution in [0, 0.1) is 44.6 Å². The molecule has 0 unspecified atom stereocenters. The van der Waals surface area contributed by atoms with Crippen LogP contribution in [0.15, 0.2) is 0 Å². The van der Waals surface area contributed by atoms with Gasteiger partial charge in [-0.05, 0) is 0 Å². The zero-order chi connectivity index (χ0) is 4.83. The van der Waals surface area contributed by atoms with Gasteiger partial charge >= 0.3 is 72.0 Å². The molecule has 0 aliphatic heterocycles. The minimum atomic E-state index is 1.22. The van der Waals surface area contributed by atoms with Crippen molar-refractivity contribution < 1.29 is 44.6 Å². The van der Waals surface area contributed by atoms with E-state index in [1.54, 1.807) is 0 Å². The minimum absolute atomic E-state index is 1.22. The Hall–Kier alpha value is 1.52. The van der Waals surface area contributed by atoms with Crippen LogP contribution in [0.25, 0.3) is 0 Å². The van der Waals surface area contributed by atoms with Crippen molar-refractivity contribution >= 4 is 0 Å². The van der Waals surface area contributed by atoms with E-state index in [4.69, 9.17) is 0 Å². The maximum atomic E-state index is 3.06. The summed E-state index contributed by atoms with van der Waals surface area (Å²) >= 11 is 3.06. The molecule has 0 N–H and O–H groups in total. The molecule has 0 aromatic heterocycles. The molecular formula is C5H11Yb. The molecule has 0 amide bonds. The zero-order valence-electron chi connectivity index (χ0n) is 4.10. The summed E-state index contributed by atoms with van der Waals surface area (Å²) in [6, 6.07) is 0. The Morgan fingerprint density at radius 1 is 1.33 bits per heavy atom. The van der Waals surface area contributed by atoms with Crippen LogP contribution >= 0.6 is 0 Å². The summed E-state index contributed by atoms with van der Waals surface area (Å²) in [5.41, 5.74) is 0. The third kappa shape index (κ3) is 5.52. The third-order valence-corrected chi connectivity index (χ3v) is 1.30. The quantitative estimate of drug-likeness (QED) is 0.667. The van der Waals surface area contributed by atoms with Gasteiger partial charge in [-0.3, -0.25) is 0 Å². The van der Waals surface area contributed by atoms with Gasteiger partial charge in [0, 0.05) is 0 Å². The molecular weight excluding hydrogens is 233 g/mol. The molecule has 0 nitrogen and oxygen atoms in total. The van der Waals surface area contributed by atoms with Crippen LogP contribution in [-0.4, -0.2) is 0 Å². The van der Waals surface area contributed by atoms with Crippen LogP contribution in [-0.2, 0) is 0 Å². The molecule has 0 aromatic carbocycles. The molecule has 0 bridgehead atoms. The summed E-state index contributed by atoms with van der Waals surface area (Å²) in [4.78, 5) is 0. The average Bonchev–Trinajstić information content (AvgIpc) is 1.61. The van der Waals surface area contributed by atoms with Crippen LogP contribution in [0.4, 0.5) is 0 Å². The summed E-state index contributed by atoms with van der Waals surface area (Å²) in [5.74, 6) is 0. The Morgan fingerprint density at radius 3 is 2.17 bits per heavy atom. The van der Waals surface area contributed by atoms with Gasteiger partial charge in [0.1, 0.15) is 0 Å². The third-order valence-electron chi connectivity index (χ3n) is 0.698. The van der Waals surface area contributed by atoms with E-state index in [9.17, 15) is 0 Å². The van der Waals surface area contributed by atoms with Crippen LogP contribution in [0.2, 0.25) is 1.18 Å². The zero-order valence-corrected chi connectivity index (χ0v) is 5.81. The van der Waals surface area contributed by atoms with Crippen LogP contribution in [0.3, 0.4) is 0 Å². The Labute approximate surface area is 70.9 Å². The molecule has 0 aromatic rings. The maximum absolute atomic E-state index is 3.06. The van der Waals surface area contributed by atoms with Gasteiger partial charge in [-0.2, -0.15) is 0 Å². The topological polar surface area (TPSA) is 0 Å². The average molecular weight is 244 g/mol. The fourth-order valence-corrected chi connectivity index (χ4v) is 0.746. The molecule has 0 aliphatic rings. The Balaban J connectivity index is 2.34. The molecule has 0 atom stereocenters. The van der Waals surface area contributed by atoms with E-state index in [0.29, 0.717) is 0 Å². The van der Waals surface area contributed by atoms with Crippen LogP contribution in [0.5, 0.6) is 0 Å². The number of unbranched alkanes of at least 4 members (excludes halogenated alkanes) is 2. The molecule has 0 saturated carbocycles. The first-order chi connectivity index (χ1) is 2.91. The normalized spacial score (nSPS) is 9.17. The molecule has 6 heavy (non-hydrogen) atoms. The Morgan fingerprint density at radius 2 is 2.00 bits per heavy atom. The van der Waals surface area contributed by atoms with Gasteiger partial charge in [0.15, 0.2) is 0 Å². The molecule has 0 aliphatic carbocycles. The summed E-state index contributed by atoms with van der Waals surface area (Å²) in [7, 11) is 0. The van der Waals surface area contributed by atoms with Crippen molar-refractivity contribution in [3.63, 3.8) is 0 Å². The van der Waals surface area contributed by atoms with E-state index in [2.05, 4.69) is 51.6 Å². The molecule has 0 spiro atoms. The van der Waals surface area contributed by atoms with E-state index in [0.717, 1.165) is 0 Å². The Kier molecular flexibility index (Phi) is 8.17. The van der Waals surface area contributed by atoms with Gasteiger partial charge in [-0.1, -0.05) is 0 Å². The molecule has 45 valence electrons. The van der Waals surface area contributed by atoms with Gasteiger partial charge in [0.25, 0.3) is 0 Å². The predicted molar refractivity (Wildman–Crippen MR) is 24.3 cm³/mol. The standard InChI is InChI=1S/C5H11.Yb/c1-3-5-4-2;/h1,3-5H2,2H3;. The van der Waals surface area contributed by atoms with E-state index in [1.165, 1.54) is 20.4 Å². The van der Waals surface area contributed by atoms with Crippen molar-refractivity contribution in [1.82, 2.24) is 0 Å². The van der Waals surface area contributed by atoms with Crippen LogP contribution in [0.1, 0.15) is 26.2 Å². The van der Waals surface area contributed by atoms with E-state index < -0.39 is 0 Å². The second-order valence-corrected chi connectivity index (χ2v) is 2.20. The van der Waals surface area contributed by atoms with E-state index in [1.807, 2.05) is 0 Å². The first-order valence-electron chi connectivity index (χ1n) is 2.40. The Bertz CT molecular complexity index is 15.9. The van der Waals surface area contributed by atoms with Gasteiger partial charge in [0.05, 0.1) is 0 Å². The monoisotopic (exact) mass is 245 g/mol. The SMILES string of the molecule is CCCC[CH2][Yb]. The van der Waals surface area contributed by atoms with Crippen molar-refractivity contribution in [3.8, 4) is 0 Å². The number of rotatable bonds is 3. The van der Waals surface area contributed by atoms with E-state index in [-0.39, 0.29) is 0 Å². The molecule has 0 saturated heterocycles. The summed E-state index contributed by atoms with van der Waals surface area (Å²) < 4.78 is 1.22. The summed E-state index contributed by atoms with van der Waals surface area (Å²) in [5, 5.41) is 0. The molecule has 1 heteroatoms. The molecule has 0 rings (SSSR count). The first-order valence-corrected chi connectivity index (χ1v) is 3.61. The molecule has 0 radical (unpaired) electrons. The van der Waals surface area contributed by atoms with E-state index >= 15 is 0 Å². The summed E-state index contributed by atoms with van der Waals surface area (Å²) in [6.07, 6.45) is 4.06. The first kappa shape index (κ1) is 7.52. The van der Waals surface area contributed by atoms with Crippen molar-refractivity contribution in [2.75, 3.05) is 0 Å². The fourth-order valence-electron chi connectivity index (χ4n) is 0.317. The second kappa shape index (κ2) is 6.52.